The lowest BCUT2D eigenvalue weighted by atomic mass is 9.77. The molecule has 0 saturated heterocycles. The molecule has 2 fully saturated rings. The Bertz CT molecular complexity index is 3000. The summed E-state index contributed by atoms with van der Waals surface area (Å²) in [5.41, 5.74) is 3.53. The van der Waals surface area contributed by atoms with Gasteiger partial charge in [-0.05, 0) is 171 Å². The Morgan fingerprint density at radius 3 is 1.36 bits per heavy atom. The number of ketones is 2. The monoisotopic (exact) mass is 1040 g/mol. The SMILES string of the molecule is CCCCC1CCC(c2ccc(Oc3cc(Nc4ccc(C#N)cc4)c4c(c3O)C(=O)c3c(Nc5ccc(OCC(CC)CCCC)cc5)cc(Oc5ccc(C6CCC(CCCC)CC6)cc5)c(O)c3C4=O)cc2)CC1. The smallest absolute Gasteiger partial charge is 0.200 e. The lowest BCUT2D eigenvalue weighted by Gasteiger charge is -2.29. The molecule has 77 heavy (non-hydrogen) atoms. The van der Waals surface area contributed by atoms with E-state index in [9.17, 15) is 15.5 Å². The second kappa shape index (κ2) is 25.7. The summed E-state index contributed by atoms with van der Waals surface area (Å²) < 4.78 is 19.2. The molecule has 2 saturated carbocycles. The van der Waals surface area contributed by atoms with Gasteiger partial charge in [0.25, 0.3) is 0 Å². The number of carbonyl (C=O) groups excluding carboxylic acids is 2. The molecule has 9 rings (SSSR count). The van der Waals surface area contributed by atoms with Gasteiger partial charge in [0.2, 0.25) is 11.6 Å². The molecule has 0 spiro atoms. The number of hydrogen-bond acceptors (Lipinski definition) is 10. The number of nitriles is 1. The molecule has 0 aliphatic heterocycles. The Morgan fingerprint density at radius 2 is 0.961 bits per heavy atom. The lowest BCUT2D eigenvalue weighted by Crippen LogP contribution is -2.24. The Kier molecular flexibility index (Phi) is 18.2. The molecule has 402 valence electrons. The lowest BCUT2D eigenvalue weighted by molar-refractivity contribution is 0.0974. The third-order valence-electron chi connectivity index (χ3n) is 16.7. The number of nitrogens with zero attached hydrogens (tertiary/aromatic N) is 1. The van der Waals surface area contributed by atoms with E-state index in [-0.39, 0.29) is 45.1 Å². The summed E-state index contributed by atoms with van der Waals surface area (Å²) in [6, 6.07) is 35.1. The van der Waals surface area contributed by atoms with Crippen molar-refractivity contribution in [1.29, 1.82) is 5.26 Å². The van der Waals surface area contributed by atoms with Crippen molar-refractivity contribution in [2.75, 3.05) is 17.2 Å². The molecule has 0 amide bonds. The number of unbranched alkanes of at least 4 members (excludes halogenated alkanes) is 3. The second-order valence-electron chi connectivity index (χ2n) is 22.0. The molecule has 6 aromatic rings. The van der Waals surface area contributed by atoms with Crippen molar-refractivity contribution in [3.05, 3.63) is 148 Å². The first kappa shape index (κ1) is 54.5. The maximum Gasteiger partial charge on any atom is 0.200 e. The molecule has 10 nitrogen and oxygen atoms in total. The molecule has 3 aliphatic rings. The summed E-state index contributed by atoms with van der Waals surface area (Å²) in [4.78, 5) is 30.8. The van der Waals surface area contributed by atoms with Crippen molar-refractivity contribution in [3.8, 4) is 46.3 Å². The average molecular weight is 1040 g/mol. The normalized spacial score (nSPS) is 18.4. The van der Waals surface area contributed by atoms with Gasteiger partial charge in [0, 0.05) is 23.5 Å². The van der Waals surface area contributed by atoms with Gasteiger partial charge in [0.1, 0.15) is 17.2 Å². The van der Waals surface area contributed by atoms with Crippen LogP contribution in [-0.4, -0.2) is 28.4 Å². The molecule has 10 heteroatoms. The van der Waals surface area contributed by atoms with Crippen LogP contribution < -0.4 is 24.8 Å². The van der Waals surface area contributed by atoms with Crippen LogP contribution in [0.25, 0.3) is 0 Å². The topological polar surface area (TPSA) is 150 Å². The maximum atomic E-state index is 15.4. The highest BCUT2D eigenvalue weighted by Crippen LogP contribution is 2.51. The fourth-order valence-electron chi connectivity index (χ4n) is 11.9. The third-order valence-corrected chi connectivity index (χ3v) is 16.7. The number of anilines is 4. The van der Waals surface area contributed by atoms with Crippen LogP contribution in [0.3, 0.4) is 0 Å². The minimum atomic E-state index is -0.713. The van der Waals surface area contributed by atoms with E-state index in [4.69, 9.17) is 14.2 Å². The number of ether oxygens (including phenoxy) is 3. The van der Waals surface area contributed by atoms with Gasteiger partial charge in [-0.3, -0.25) is 9.59 Å². The van der Waals surface area contributed by atoms with E-state index < -0.39 is 23.1 Å². The van der Waals surface area contributed by atoms with E-state index in [1.165, 1.54) is 87.5 Å². The molecular weight excluding hydrogens is 959 g/mol. The molecule has 0 radical (unpaired) electrons. The number of fused-ring (bicyclic) bond motifs is 2. The summed E-state index contributed by atoms with van der Waals surface area (Å²) in [5.74, 6) is 2.05. The van der Waals surface area contributed by atoms with Gasteiger partial charge in [-0.2, -0.15) is 5.26 Å². The number of phenolic OH excluding ortho intramolecular Hbond substituents is 2. The molecule has 0 aromatic heterocycles. The van der Waals surface area contributed by atoms with Crippen LogP contribution in [0.4, 0.5) is 22.7 Å². The van der Waals surface area contributed by atoms with E-state index in [2.05, 4.69) is 68.7 Å². The van der Waals surface area contributed by atoms with E-state index in [1.54, 1.807) is 24.3 Å². The molecule has 1 unspecified atom stereocenters. The van der Waals surface area contributed by atoms with Crippen LogP contribution in [0.15, 0.2) is 109 Å². The molecule has 0 heterocycles. The minimum absolute atomic E-state index is 0.0311. The van der Waals surface area contributed by atoms with Crippen molar-refractivity contribution in [2.24, 2.45) is 17.8 Å². The number of nitrogens with one attached hydrogen (secondary N) is 2. The van der Waals surface area contributed by atoms with Crippen LogP contribution in [0.5, 0.6) is 40.2 Å². The molecule has 4 N–H and O–H groups in total. The second-order valence-corrected chi connectivity index (χ2v) is 22.0. The van der Waals surface area contributed by atoms with Crippen LogP contribution >= 0.6 is 0 Å². The van der Waals surface area contributed by atoms with Gasteiger partial charge < -0.3 is 35.1 Å². The third kappa shape index (κ3) is 13.0. The van der Waals surface area contributed by atoms with Crippen LogP contribution in [0.1, 0.15) is 204 Å². The first-order chi connectivity index (χ1) is 37.6. The van der Waals surface area contributed by atoms with Gasteiger partial charge >= 0.3 is 0 Å². The zero-order valence-corrected chi connectivity index (χ0v) is 45.6. The number of rotatable bonds is 23. The molecule has 6 aromatic carbocycles. The Morgan fingerprint density at radius 1 is 0.545 bits per heavy atom. The van der Waals surface area contributed by atoms with Crippen molar-refractivity contribution in [1.82, 2.24) is 0 Å². The molecular formula is C67H77N3O7. The van der Waals surface area contributed by atoms with Gasteiger partial charge in [-0.25, -0.2) is 0 Å². The fraction of sp³-hybridized carbons (Fsp3) is 0.418. The fourth-order valence-corrected chi connectivity index (χ4v) is 11.9. The summed E-state index contributed by atoms with van der Waals surface area (Å²) in [6.07, 6.45) is 21.6. The van der Waals surface area contributed by atoms with Crippen molar-refractivity contribution >= 4 is 34.3 Å². The maximum absolute atomic E-state index is 15.4. The molecule has 1 atom stereocenters. The van der Waals surface area contributed by atoms with Gasteiger partial charge in [0.15, 0.2) is 23.0 Å². The predicted molar refractivity (Wildman–Crippen MR) is 308 cm³/mol. The Labute approximate surface area is 456 Å². The van der Waals surface area contributed by atoms with E-state index in [1.807, 2.05) is 48.5 Å². The van der Waals surface area contributed by atoms with E-state index in [0.29, 0.717) is 58.5 Å². The standard InChI is InChI=1S/C67H77N3O7/c1-5-9-12-43(8-4)42-75-53-37-31-52(32-38-53)70-57-40-59(77-55-35-27-50(28-36-55)48-23-17-45(18-24-48)14-11-7-3)65(72)63-61(57)67(74)62-60(66(63)73)56(69-51-29-19-46(41-68)20-30-51)39-58(64(62)71)76-54-33-25-49(26-34-54)47-21-15-44(16-22-47)13-10-6-2/h19-20,25-40,43-45,47-48,69-72H,5-18,21-24,42H2,1-4H3. The minimum Gasteiger partial charge on any atom is -0.504 e. The van der Waals surface area contributed by atoms with Gasteiger partial charge in [-0.15, -0.1) is 0 Å². The average Bonchev–Trinajstić information content (AvgIpc) is 3.50. The Hall–Kier alpha value is -7.25. The highest BCUT2D eigenvalue weighted by molar-refractivity contribution is 6.34. The molecule has 3 aliphatic carbocycles. The number of carbonyl (C=O) groups is 2. The molecule has 0 bridgehead atoms. The van der Waals surface area contributed by atoms with Crippen LogP contribution in [0, 0.1) is 29.1 Å². The van der Waals surface area contributed by atoms with Gasteiger partial charge in [-0.1, -0.05) is 110 Å². The quantitative estimate of drug-likeness (QED) is 0.0456. The summed E-state index contributed by atoms with van der Waals surface area (Å²) in [5, 5.41) is 40.8. The number of aromatic hydroxyl groups is 2. The predicted octanol–water partition coefficient (Wildman–Crippen LogP) is 18.3. The zero-order valence-electron chi connectivity index (χ0n) is 45.6. The summed E-state index contributed by atoms with van der Waals surface area (Å²) in [6.45, 7) is 9.49. The number of benzene rings is 6. The van der Waals surface area contributed by atoms with E-state index in [0.717, 1.165) is 63.2 Å². The van der Waals surface area contributed by atoms with Crippen LogP contribution in [-0.2, 0) is 0 Å². The van der Waals surface area contributed by atoms with Crippen molar-refractivity contribution < 1.29 is 34.0 Å². The summed E-state index contributed by atoms with van der Waals surface area (Å²) in [7, 11) is 0. The Balaban J connectivity index is 1.06. The first-order valence-electron chi connectivity index (χ1n) is 28.8. The largest absolute Gasteiger partial charge is 0.504 e. The van der Waals surface area contributed by atoms with Crippen molar-refractivity contribution in [2.45, 2.75) is 155 Å². The van der Waals surface area contributed by atoms with Crippen molar-refractivity contribution in [3.63, 3.8) is 0 Å². The highest BCUT2D eigenvalue weighted by Gasteiger charge is 2.41. The highest BCUT2D eigenvalue weighted by atomic mass is 16.5. The van der Waals surface area contributed by atoms with Gasteiger partial charge in [0.05, 0.1) is 51.9 Å². The summed E-state index contributed by atoms with van der Waals surface area (Å²) >= 11 is 0. The first-order valence-corrected chi connectivity index (χ1v) is 28.8. The zero-order chi connectivity index (χ0) is 53.8. The van der Waals surface area contributed by atoms with Crippen LogP contribution in [0.2, 0.25) is 0 Å². The number of hydrogen-bond donors (Lipinski definition) is 4. The number of phenols is 2. The van der Waals surface area contributed by atoms with E-state index >= 15 is 9.59 Å².